The third kappa shape index (κ3) is 2.98. The first-order valence-electron chi connectivity index (χ1n) is 6.18. The molecule has 1 unspecified atom stereocenters. The predicted octanol–water partition coefficient (Wildman–Crippen LogP) is 2.37. The summed E-state index contributed by atoms with van der Waals surface area (Å²) in [5, 5.41) is 0. The molecule has 22 heavy (non-hydrogen) atoms. The highest BCUT2D eigenvalue weighted by Gasteiger charge is 2.77. The second kappa shape index (κ2) is 5.92. The molecule has 1 fully saturated rings. The number of hydrogen-bond donors (Lipinski definition) is 0. The van der Waals surface area contributed by atoms with E-state index < -0.39 is 42.5 Å². The van der Waals surface area contributed by atoms with Crippen molar-refractivity contribution in [3.63, 3.8) is 0 Å². The number of hydrogen-bond acceptors (Lipinski definition) is 3. The lowest BCUT2D eigenvalue weighted by Crippen LogP contribution is -2.61. The molecule has 11 heteroatoms. The van der Waals surface area contributed by atoms with Gasteiger partial charge in [0.1, 0.15) is 6.04 Å². The van der Waals surface area contributed by atoms with Crippen molar-refractivity contribution in [2.24, 2.45) is 0 Å². The highest BCUT2D eigenvalue weighted by atomic mass is 19.4. The number of carbonyl (C=O) groups is 2. The molecule has 1 aliphatic heterocycles. The molecule has 1 heterocycles. The van der Waals surface area contributed by atoms with Crippen LogP contribution >= 0.6 is 0 Å². The highest BCUT2D eigenvalue weighted by molar-refractivity contribution is 5.90. The van der Waals surface area contributed by atoms with Crippen molar-refractivity contribution in [2.75, 3.05) is 13.2 Å². The van der Waals surface area contributed by atoms with Gasteiger partial charge in [0, 0.05) is 6.54 Å². The Kier molecular flexibility index (Phi) is 4.98. The molecule has 1 amide bonds. The maximum absolute atomic E-state index is 13.4. The fraction of sp³-hybridized carbons (Fsp3) is 0.818. The fourth-order valence-electron chi connectivity index (χ4n) is 1.99. The van der Waals surface area contributed by atoms with Crippen LogP contribution in [0.2, 0.25) is 0 Å². The smallest absolute Gasteiger partial charge is 0.460 e. The first kappa shape index (κ1) is 18.5. The largest absolute Gasteiger partial charge is 0.464 e. The standard InChI is InChI=1S/C11H12F7NO3/c1-2-22-7(20)6-4-3-5-19(6)8(21)9(12,13)10(14,15)11(16,17)18/h6H,2-5H2,1H3. The molecule has 0 aromatic rings. The Morgan fingerprint density at radius 3 is 2.14 bits per heavy atom. The average molecular weight is 339 g/mol. The molecule has 128 valence electrons. The molecule has 0 aromatic carbocycles. The monoisotopic (exact) mass is 339 g/mol. The van der Waals surface area contributed by atoms with E-state index in [1.807, 2.05) is 0 Å². The molecule has 0 N–H and O–H groups in total. The summed E-state index contributed by atoms with van der Waals surface area (Å²) >= 11 is 0. The summed E-state index contributed by atoms with van der Waals surface area (Å²) in [7, 11) is 0. The van der Waals surface area contributed by atoms with Crippen LogP contribution in [0.15, 0.2) is 0 Å². The first-order chi connectivity index (χ1) is 9.88. The Balaban J connectivity index is 3.05. The van der Waals surface area contributed by atoms with Crippen molar-refractivity contribution in [1.29, 1.82) is 0 Å². The van der Waals surface area contributed by atoms with Gasteiger partial charge in [-0.1, -0.05) is 0 Å². The Morgan fingerprint density at radius 2 is 1.68 bits per heavy atom. The average Bonchev–Trinajstić information content (AvgIpc) is 2.85. The third-order valence-electron chi connectivity index (χ3n) is 3.09. The van der Waals surface area contributed by atoms with Gasteiger partial charge in [-0.15, -0.1) is 0 Å². The van der Waals surface area contributed by atoms with Gasteiger partial charge in [-0.05, 0) is 19.8 Å². The van der Waals surface area contributed by atoms with Gasteiger partial charge < -0.3 is 9.64 Å². The summed E-state index contributed by atoms with van der Waals surface area (Å²) in [4.78, 5) is 22.9. The van der Waals surface area contributed by atoms with Crippen LogP contribution in [-0.2, 0) is 14.3 Å². The minimum atomic E-state index is -6.61. The molecule has 1 aliphatic rings. The number of nitrogens with zero attached hydrogens (tertiary/aromatic N) is 1. The van der Waals surface area contributed by atoms with Crippen LogP contribution in [0, 0.1) is 0 Å². The zero-order valence-corrected chi connectivity index (χ0v) is 11.2. The normalized spacial score (nSPS) is 20.2. The topological polar surface area (TPSA) is 46.6 Å². The van der Waals surface area contributed by atoms with E-state index in [1.165, 1.54) is 6.92 Å². The van der Waals surface area contributed by atoms with Gasteiger partial charge in [0.05, 0.1) is 6.61 Å². The van der Waals surface area contributed by atoms with Crippen molar-refractivity contribution in [1.82, 2.24) is 4.90 Å². The molecule has 4 nitrogen and oxygen atoms in total. The van der Waals surface area contributed by atoms with E-state index in [-0.39, 0.29) is 24.3 Å². The minimum absolute atomic E-state index is 0.00287. The van der Waals surface area contributed by atoms with E-state index in [1.54, 1.807) is 0 Å². The first-order valence-corrected chi connectivity index (χ1v) is 6.18. The maximum Gasteiger partial charge on any atom is 0.460 e. The van der Waals surface area contributed by atoms with Gasteiger partial charge in [-0.3, -0.25) is 4.79 Å². The van der Waals surface area contributed by atoms with Crippen molar-refractivity contribution >= 4 is 11.9 Å². The number of likely N-dealkylation sites (tertiary alicyclic amines) is 1. The summed E-state index contributed by atoms with van der Waals surface area (Å²) in [6.07, 6.45) is -6.76. The fourth-order valence-corrected chi connectivity index (χ4v) is 1.99. The lowest BCUT2D eigenvalue weighted by molar-refractivity contribution is -0.346. The van der Waals surface area contributed by atoms with Crippen LogP contribution < -0.4 is 0 Å². The number of ether oxygens (including phenoxy) is 1. The van der Waals surface area contributed by atoms with Crippen LogP contribution in [0.3, 0.4) is 0 Å². The van der Waals surface area contributed by atoms with Gasteiger partial charge in [-0.25, -0.2) is 4.79 Å². The highest BCUT2D eigenvalue weighted by Crippen LogP contribution is 2.47. The van der Waals surface area contributed by atoms with Gasteiger partial charge in [0.2, 0.25) is 0 Å². The van der Waals surface area contributed by atoms with Gasteiger partial charge >= 0.3 is 29.9 Å². The number of halogens is 7. The molecule has 1 atom stereocenters. The van der Waals surface area contributed by atoms with Crippen molar-refractivity contribution in [3.05, 3.63) is 0 Å². The van der Waals surface area contributed by atoms with E-state index >= 15 is 0 Å². The number of carbonyl (C=O) groups excluding carboxylic acids is 2. The van der Waals surface area contributed by atoms with Gasteiger partial charge in [0.25, 0.3) is 0 Å². The summed E-state index contributed by atoms with van der Waals surface area (Å²) in [5.41, 5.74) is 0. The quantitative estimate of drug-likeness (QED) is 0.584. The van der Waals surface area contributed by atoms with Crippen LogP contribution in [0.4, 0.5) is 30.7 Å². The Labute approximate surface area is 120 Å². The molecule has 0 saturated carbocycles. The molecule has 1 rings (SSSR count). The molecule has 0 spiro atoms. The number of amides is 1. The van der Waals surface area contributed by atoms with Crippen molar-refractivity contribution in [3.8, 4) is 0 Å². The summed E-state index contributed by atoms with van der Waals surface area (Å²) in [5.74, 6) is -16.4. The molecule has 0 aliphatic carbocycles. The number of alkyl halides is 7. The summed E-state index contributed by atoms with van der Waals surface area (Å²) < 4.78 is 93.1. The number of esters is 1. The molecule has 0 radical (unpaired) electrons. The molecule has 0 aromatic heterocycles. The Hall–Kier alpha value is -1.55. The SMILES string of the molecule is CCOC(=O)C1CCCN1C(=O)C(F)(F)C(F)(F)C(F)(F)F. The number of rotatable bonds is 4. The lowest BCUT2D eigenvalue weighted by atomic mass is 10.1. The zero-order valence-electron chi connectivity index (χ0n) is 11.2. The minimum Gasteiger partial charge on any atom is -0.464 e. The van der Waals surface area contributed by atoms with E-state index in [0.717, 1.165) is 0 Å². The Bertz CT molecular complexity index is 449. The third-order valence-corrected chi connectivity index (χ3v) is 3.09. The molecule has 1 saturated heterocycles. The van der Waals surface area contributed by atoms with E-state index in [2.05, 4.69) is 4.74 Å². The van der Waals surface area contributed by atoms with Crippen LogP contribution in [-0.4, -0.2) is 54.0 Å². The van der Waals surface area contributed by atoms with Crippen LogP contribution in [0.25, 0.3) is 0 Å². The van der Waals surface area contributed by atoms with E-state index in [4.69, 9.17) is 0 Å². The second-order valence-corrected chi connectivity index (χ2v) is 4.56. The van der Waals surface area contributed by atoms with Gasteiger partial charge in [-0.2, -0.15) is 30.7 Å². The van der Waals surface area contributed by atoms with Crippen molar-refractivity contribution < 1.29 is 45.1 Å². The van der Waals surface area contributed by atoms with Gasteiger partial charge in [0.15, 0.2) is 0 Å². The molecule has 0 bridgehead atoms. The van der Waals surface area contributed by atoms with Crippen molar-refractivity contribution in [2.45, 2.75) is 43.8 Å². The Morgan fingerprint density at radius 1 is 1.14 bits per heavy atom. The lowest BCUT2D eigenvalue weighted by Gasteiger charge is -2.32. The van der Waals surface area contributed by atoms with Crippen LogP contribution in [0.5, 0.6) is 0 Å². The summed E-state index contributed by atoms with van der Waals surface area (Å²) in [6, 6.07) is -1.60. The van der Waals surface area contributed by atoms with E-state index in [0.29, 0.717) is 0 Å². The van der Waals surface area contributed by atoms with E-state index in [9.17, 15) is 40.3 Å². The maximum atomic E-state index is 13.4. The zero-order chi connectivity index (χ0) is 17.3. The van der Waals surface area contributed by atoms with Crippen LogP contribution in [0.1, 0.15) is 19.8 Å². The second-order valence-electron chi connectivity index (χ2n) is 4.56. The predicted molar refractivity (Wildman–Crippen MR) is 57.3 cm³/mol. The summed E-state index contributed by atoms with van der Waals surface area (Å²) in [6.45, 7) is 0.684. The molecular formula is C11H12F7NO3. The molecular weight excluding hydrogens is 327 g/mol.